The molecule has 1 aromatic rings. The average Bonchev–Trinajstić information content (AvgIpc) is 3.70. The van der Waals surface area contributed by atoms with Crippen molar-refractivity contribution in [2.24, 2.45) is 5.92 Å². The predicted octanol–water partition coefficient (Wildman–Crippen LogP) is 5.01. The molecule has 1 aliphatic carbocycles. The fraction of sp³-hybridized carbons (Fsp3) is 0.571. The molecule has 13 heteroatoms. The van der Waals surface area contributed by atoms with Gasteiger partial charge in [0, 0.05) is 36.2 Å². The number of halogens is 3. The van der Waals surface area contributed by atoms with Crippen molar-refractivity contribution >= 4 is 17.9 Å². The van der Waals surface area contributed by atoms with Crippen LogP contribution in [0, 0.1) is 5.92 Å². The van der Waals surface area contributed by atoms with E-state index in [1.165, 1.54) is 65.0 Å². The summed E-state index contributed by atoms with van der Waals surface area (Å²) in [6.07, 6.45) is -9.07. The first-order valence-electron chi connectivity index (χ1n) is 15.5. The zero-order chi connectivity index (χ0) is 36.4. The van der Waals surface area contributed by atoms with Crippen LogP contribution in [-0.4, -0.2) is 83.1 Å². The van der Waals surface area contributed by atoms with E-state index < -0.39 is 82.9 Å². The highest BCUT2D eigenvalue weighted by Crippen LogP contribution is 2.55. The van der Waals surface area contributed by atoms with E-state index in [4.69, 9.17) is 23.7 Å². The van der Waals surface area contributed by atoms with E-state index >= 15 is 0 Å². The number of hydrogen-bond donors (Lipinski definition) is 2. The van der Waals surface area contributed by atoms with E-state index in [0.29, 0.717) is 0 Å². The summed E-state index contributed by atoms with van der Waals surface area (Å²) in [5.74, 6) is -4.44. The number of carbonyl (C=O) groups excluding carboxylic acids is 3. The third-order valence-electron chi connectivity index (χ3n) is 9.26. The number of rotatable bonds is 13. The molecule has 0 amide bonds. The van der Waals surface area contributed by atoms with Gasteiger partial charge in [0.25, 0.3) is 5.60 Å². The van der Waals surface area contributed by atoms with Gasteiger partial charge >= 0.3 is 24.1 Å². The molecule has 0 spiro atoms. The van der Waals surface area contributed by atoms with Crippen molar-refractivity contribution < 1.29 is 61.5 Å². The fourth-order valence-corrected chi connectivity index (χ4v) is 5.66. The summed E-state index contributed by atoms with van der Waals surface area (Å²) in [7, 11) is 0.734. The van der Waals surface area contributed by atoms with Crippen LogP contribution in [-0.2, 0) is 43.7 Å². The first-order chi connectivity index (χ1) is 22.2. The maximum atomic E-state index is 14.8. The Bertz CT molecular complexity index is 1430. The number of methoxy groups -OCH3 is 1. The number of epoxide rings is 1. The lowest BCUT2D eigenvalue weighted by molar-refractivity contribution is -0.281. The van der Waals surface area contributed by atoms with Crippen LogP contribution in [0.25, 0.3) is 0 Å². The Labute approximate surface area is 278 Å². The molecular weight excluding hydrogens is 637 g/mol. The maximum Gasteiger partial charge on any atom is 0.432 e. The first kappa shape index (κ1) is 38.9. The smallest absolute Gasteiger partial charge is 0.432 e. The minimum absolute atomic E-state index is 0.0822. The van der Waals surface area contributed by atoms with Crippen LogP contribution in [0.15, 0.2) is 65.8 Å². The van der Waals surface area contributed by atoms with Crippen molar-refractivity contribution in [1.82, 2.24) is 0 Å². The molecule has 3 rings (SSSR count). The minimum atomic E-state index is -5.28. The van der Waals surface area contributed by atoms with Gasteiger partial charge in [0.05, 0.1) is 17.8 Å². The summed E-state index contributed by atoms with van der Waals surface area (Å²) < 4.78 is 72.5. The molecule has 8 atom stereocenters. The highest BCUT2D eigenvalue weighted by atomic mass is 19.4. The normalized spacial score (nSPS) is 27.1. The third kappa shape index (κ3) is 7.69. The summed E-state index contributed by atoms with van der Waals surface area (Å²) in [6.45, 7) is 14.5. The van der Waals surface area contributed by atoms with Gasteiger partial charge in [0.15, 0.2) is 6.10 Å². The Morgan fingerprint density at radius 1 is 1.06 bits per heavy atom. The number of hydrogen-bond acceptors (Lipinski definition) is 10. The molecule has 0 radical (unpaired) electrons. The molecule has 1 saturated carbocycles. The SMILES string of the molecule is C=C(C(CC(O)C(C)(C)O)OC(=O)/C(C)=C\C)[C@H]1C[C@H]2O[C@@]2(C)[C@@H](OC(=O)[C@](OC)(c2ccccc2)C(F)(F)F)[C@H]1OC(=O)/C(C)=C\C. The predicted molar refractivity (Wildman–Crippen MR) is 167 cm³/mol. The summed E-state index contributed by atoms with van der Waals surface area (Å²) in [5, 5.41) is 21.3. The molecule has 2 unspecified atom stereocenters. The van der Waals surface area contributed by atoms with Gasteiger partial charge in [-0.1, -0.05) is 49.1 Å². The molecule has 2 fully saturated rings. The van der Waals surface area contributed by atoms with Gasteiger partial charge in [-0.05, 0) is 60.5 Å². The standard InChI is InChI=1S/C35H45F3O10/c1-10-19(3)29(40)45-24(18-25(39)32(6,7)43)21(5)23-17-26-33(8,48-26)28(27(23)46-30(41)20(4)11-2)47-31(42)34(44-9,35(36,37)38)22-15-13-12-14-16-22/h10-16,23-28,39,43H,5,17-18H2,1-4,6-9H3/b19-10-,20-11-/t23-,24?,25?,26-,27+,28+,33-,34-/m1/s1. The minimum Gasteiger partial charge on any atom is -0.454 e. The fourth-order valence-electron chi connectivity index (χ4n) is 5.66. The van der Waals surface area contributed by atoms with E-state index in [1.54, 1.807) is 13.8 Å². The quantitative estimate of drug-likeness (QED) is 0.0959. The van der Waals surface area contributed by atoms with Gasteiger partial charge in [-0.15, -0.1) is 0 Å². The third-order valence-corrected chi connectivity index (χ3v) is 9.26. The number of benzene rings is 1. The number of fused-ring (bicyclic) bond motifs is 1. The molecule has 0 bridgehead atoms. The number of ether oxygens (including phenoxy) is 5. The molecule has 48 heavy (non-hydrogen) atoms. The van der Waals surface area contributed by atoms with Gasteiger partial charge in [-0.3, -0.25) is 0 Å². The molecule has 2 aliphatic rings. The van der Waals surface area contributed by atoms with Crippen molar-refractivity contribution in [2.45, 2.75) is 115 Å². The highest BCUT2D eigenvalue weighted by molar-refractivity contribution is 5.88. The second-order valence-electron chi connectivity index (χ2n) is 12.9. The first-order valence-corrected chi connectivity index (χ1v) is 15.5. The van der Waals surface area contributed by atoms with E-state index in [0.717, 1.165) is 19.2 Å². The van der Waals surface area contributed by atoms with Gasteiger partial charge < -0.3 is 33.9 Å². The van der Waals surface area contributed by atoms with Gasteiger partial charge in [-0.25, -0.2) is 14.4 Å². The van der Waals surface area contributed by atoms with Crippen LogP contribution in [0.2, 0.25) is 0 Å². The van der Waals surface area contributed by atoms with Gasteiger partial charge in [0.1, 0.15) is 17.8 Å². The van der Waals surface area contributed by atoms with Crippen molar-refractivity contribution in [1.29, 1.82) is 0 Å². The van der Waals surface area contributed by atoms with Crippen molar-refractivity contribution in [3.8, 4) is 0 Å². The molecule has 1 aromatic carbocycles. The molecule has 10 nitrogen and oxygen atoms in total. The lowest BCUT2D eigenvalue weighted by Crippen LogP contribution is -2.58. The number of aliphatic hydroxyl groups excluding tert-OH is 1. The molecule has 1 heterocycles. The molecule has 1 saturated heterocycles. The van der Waals surface area contributed by atoms with Crippen molar-refractivity contribution in [3.63, 3.8) is 0 Å². The number of carbonyl (C=O) groups is 3. The second-order valence-corrected chi connectivity index (χ2v) is 12.9. The highest BCUT2D eigenvalue weighted by Gasteiger charge is 2.71. The Hall–Kier alpha value is -3.52. The van der Waals surface area contributed by atoms with Gasteiger partial charge in [0.2, 0.25) is 0 Å². The summed E-state index contributed by atoms with van der Waals surface area (Å²) >= 11 is 0. The zero-order valence-corrected chi connectivity index (χ0v) is 28.4. The summed E-state index contributed by atoms with van der Waals surface area (Å²) in [5.41, 5.74) is -6.60. The second kappa shape index (κ2) is 14.5. The van der Waals surface area contributed by atoms with Crippen LogP contribution in [0.1, 0.15) is 66.9 Å². The maximum absolute atomic E-state index is 14.8. The van der Waals surface area contributed by atoms with Gasteiger partial charge in [-0.2, -0.15) is 13.2 Å². The topological polar surface area (TPSA) is 141 Å². The van der Waals surface area contributed by atoms with Crippen LogP contribution in [0.3, 0.4) is 0 Å². The Balaban J connectivity index is 2.14. The number of esters is 3. The lowest BCUT2D eigenvalue weighted by Gasteiger charge is -2.42. The molecule has 1 aliphatic heterocycles. The largest absolute Gasteiger partial charge is 0.454 e. The molecule has 2 N–H and O–H groups in total. The molecule has 266 valence electrons. The monoisotopic (exact) mass is 682 g/mol. The van der Waals surface area contributed by atoms with Crippen LogP contribution in [0.4, 0.5) is 13.2 Å². The lowest BCUT2D eigenvalue weighted by atomic mass is 9.73. The van der Waals surface area contributed by atoms with E-state index in [-0.39, 0.29) is 29.6 Å². The average molecular weight is 683 g/mol. The van der Waals surface area contributed by atoms with E-state index in [1.807, 2.05) is 0 Å². The molecular formula is C35H45F3O10. The molecule has 0 aromatic heterocycles. The number of aliphatic hydroxyl groups is 2. The Morgan fingerprint density at radius 3 is 2.12 bits per heavy atom. The zero-order valence-electron chi connectivity index (χ0n) is 28.4. The van der Waals surface area contributed by atoms with E-state index in [9.17, 15) is 37.8 Å². The van der Waals surface area contributed by atoms with Crippen LogP contribution >= 0.6 is 0 Å². The van der Waals surface area contributed by atoms with Crippen molar-refractivity contribution in [2.75, 3.05) is 7.11 Å². The summed E-state index contributed by atoms with van der Waals surface area (Å²) in [4.78, 5) is 40.0. The Morgan fingerprint density at radius 2 is 1.62 bits per heavy atom. The van der Waals surface area contributed by atoms with Crippen LogP contribution < -0.4 is 0 Å². The van der Waals surface area contributed by atoms with Crippen molar-refractivity contribution in [3.05, 3.63) is 71.3 Å². The number of alkyl halides is 3. The summed E-state index contributed by atoms with van der Waals surface area (Å²) in [6, 6.07) is 6.26. The Kier molecular flexibility index (Phi) is 11.8. The van der Waals surface area contributed by atoms with Crippen LogP contribution in [0.5, 0.6) is 0 Å². The number of allylic oxidation sites excluding steroid dienone is 2. The van der Waals surface area contributed by atoms with E-state index in [2.05, 4.69) is 6.58 Å².